The molecule has 0 aliphatic heterocycles. The first-order valence-electron chi connectivity index (χ1n) is 5.76. The number of rotatable bonds is 4. The summed E-state index contributed by atoms with van der Waals surface area (Å²) < 4.78 is 5.74. The number of H-pyrrole nitrogens is 1. The molecule has 5 heteroatoms. The van der Waals surface area contributed by atoms with E-state index in [1.165, 1.54) is 32.1 Å². The van der Waals surface area contributed by atoms with Gasteiger partial charge in [-0.3, -0.25) is 0 Å². The van der Waals surface area contributed by atoms with Crippen LogP contribution in [0.15, 0.2) is 0 Å². The summed E-state index contributed by atoms with van der Waals surface area (Å²) in [6.45, 7) is 2.71. The lowest BCUT2D eigenvalue weighted by atomic mass is 9.85. The van der Waals surface area contributed by atoms with Gasteiger partial charge in [0.25, 0.3) is 0 Å². The maximum Gasteiger partial charge on any atom is 0.203 e. The first-order chi connectivity index (χ1) is 7.42. The van der Waals surface area contributed by atoms with E-state index in [4.69, 9.17) is 4.74 Å². The summed E-state index contributed by atoms with van der Waals surface area (Å²) in [5.74, 6) is 1.28. The Morgan fingerprint density at radius 1 is 1.40 bits per heavy atom. The summed E-state index contributed by atoms with van der Waals surface area (Å²) in [6, 6.07) is 0. The quantitative estimate of drug-likeness (QED) is 0.823. The lowest BCUT2D eigenvalue weighted by Crippen LogP contribution is -2.20. The minimum atomic E-state index is 0.0362. The maximum atomic E-state index is 5.74. The second-order valence-corrected chi connectivity index (χ2v) is 4.04. The van der Waals surface area contributed by atoms with Crippen molar-refractivity contribution in [1.29, 1.82) is 0 Å². The molecular weight excluding hydrogens is 192 g/mol. The standard InChI is InChI=1S/C10H18N4O/c1-2-15-9(10-11-13-14-12-10)8-6-4-3-5-7-8/h8-9H,2-7H2,1H3,(H,11,12,13,14). The fourth-order valence-corrected chi connectivity index (χ4v) is 2.33. The van der Waals surface area contributed by atoms with E-state index in [9.17, 15) is 0 Å². The summed E-state index contributed by atoms with van der Waals surface area (Å²) in [6.07, 6.45) is 6.42. The second-order valence-electron chi connectivity index (χ2n) is 4.04. The molecule has 1 saturated carbocycles. The highest BCUT2D eigenvalue weighted by Crippen LogP contribution is 2.35. The van der Waals surface area contributed by atoms with Crippen LogP contribution < -0.4 is 0 Å². The van der Waals surface area contributed by atoms with E-state index in [0.717, 1.165) is 0 Å². The molecule has 1 atom stereocenters. The van der Waals surface area contributed by atoms with Gasteiger partial charge in [-0.25, -0.2) is 0 Å². The van der Waals surface area contributed by atoms with E-state index in [2.05, 4.69) is 20.6 Å². The van der Waals surface area contributed by atoms with Crippen molar-refractivity contribution in [2.24, 2.45) is 5.92 Å². The third-order valence-electron chi connectivity index (χ3n) is 3.04. The molecule has 15 heavy (non-hydrogen) atoms. The van der Waals surface area contributed by atoms with Gasteiger partial charge in [0, 0.05) is 6.61 Å². The molecule has 0 radical (unpaired) electrons. The molecule has 1 heterocycles. The van der Waals surface area contributed by atoms with E-state index in [0.29, 0.717) is 18.3 Å². The molecule has 1 fully saturated rings. The van der Waals surface area contributed by atoms with Gasteiger partial charge in [-0.2, -0.15) is 5.21 Å². The van der Waals surface area contributed by atoms with Crippen molar-refractivity contribution in [3.8, 4) is 0 Å². The van der Waals surface area contributed by atoms with Crippen molar-refractivity contribution >= 4 is 0 Å². The Kier molecular flexibility index (Phi) is 3.66. The first-order valence-corrected chi connectivity index (χ1v) is 5.76. The largest absolute Gasteiger partial charge is 0.370 e. The van der Waals surface area contributed by atoms with Crippen molar-refractivity contribution in [2.75, 3.05) is 6.61 Å². The van der Waals surface area contributed by atoms with Gasteiger partial charge in [0.1, 0.15) is 6.10 Å². The van der Waals surface area contributed by atoms with Crippen LogP contribution in [0.3, 0.4) is 0 Å². The number of nitrogens with one attached hydrogen (secondary N) is 1. The van der Waals surface area contributed by atoms with Crippen molar-refractivity contribution in [3.05, 3.63) is 5.82 Å². The third-order valence-corrected chi connectivity index (χ3v) is 3.04. The van der Waals surface area contributed by atoms with Gasteiger partial charge in [0.2, 0.25) is 5.82 Å². The summed E-state index contributed by atoms with van der Waals surface area (Å²) in [4.78, 5) is 0. The predicted molar refractivity (Wildman–Crippen MR) is 55.1 cm³/mol. The van der Waals surface area contributed by atoms with Gasteiger partial charge in [0.15, 0.2) is 0 Å². The van der Waals surface area contributed by atoms with E-state index in [1.54, 1.807) is 0 Å². The number of nitrogens with zero attached hydrogens (tertiary/aromatic N) is 3. The zero-order valence-corrected chi connectivity index (χ0v) is 9.15. The molecule has 1 aromatic heterocycles. The number of aromatic amines is 1. The van der Waals surface area contributed by atoms with Crippen LogP contribution >= 0.6 is 0 Å². The lowest BCUT2D eigenvalue weighted by molar-refractivity contribution is -0.000153. The highest BCUT2D eigenvalue weighted by atomic mass is 16.5. The van der Waals surface area contributed by atoms with E-state index >= 15 is 0 Å². The molecule has 84 valence electrons. The molecular formula is C10H18N4O. The summed E-state index contributed by atoms with van der Waals surface area (Å²) >= 11 is 0. The van der Waals surface area contributed by atoms with E-state index < -0.39 is 0 Å². The normalized spacial score (nSPS) is 20.3. The Balaban J connectivity index is 2.04. The van der Waals surface area contributed by atoms with E-state index in [1.807, 2.05) is 6.92 Å². The topological polar surface area (TPSA) is 63.7 Å². The molecule has 2 rings (SSSR count). The highest BCUT2D eigenvalue weighted by molar-refractivity contribution is 4.90. The van der Waals surface area contributed by atoms with Crippen LogP contribution in [0.5, 0.6) is 0 Å². The molecule has 0 spiro atoms. The fourth-order valence-electron chi connectivity index (χ4n) is 2.33. The average molecular weight is 210 g/mol. The smallest absolute Gasteiger partial charge is 0.203 e. The number of hydrogen-bond donors (Lipinski definition) is 1. The van der Waals surface area contributed by atoms with Gasteiger partial charge < -0.3 is 4.74 Å². The molecule has 0 bridgehead atoms. The third kappa shape index (κ3) is 2.53. The lowest BCUT2D eigenvalue weighted by Gasteiger charge is -2.27. The molecule has 0 amide bonds. The van der Waals surface area contributed by atoms with Gasteiger partial charge in [-0.05, 0) is 25.7 Å². The summed E-state index contributed by atoms with van der Waals surface area (Å²) in [5, 5.41) is 14.2. The molecule has 1 aliphatic carbocycles. The second kappa shape index (κ2) is 5.21. The van der Waals surface area contributed by atoms with Gasteiger partial charge in [-0.15, -0.1) is 10.2 Å². The fraction of sp³-hybridized carbons (Fsp3) is 0.900. The zero-order valence-electron chi connectivity index (χ0n) is 9.15. The summed E-state index contributed by atoms with van der Waals surface area (Å²) in [5.41, 5.74) is 0. The van der Waals surface area contributed by atoms with Gasteiger partial charge >= 0.3 is 0 Å². The molecule has 1 N–H and O–H groups in total. The Morgan fingerprint density at radius 3 is 2.80 bits per heavy atom. The monoisotopic (exact) mass is 210 g/mol. The van der Waals surface area contributed by atoms with Crippen LogP contribution in [0.2, 0.25) is 0 Å². The zero-order chi connectivity index (χ0) is 10.5. The number of tetrazole rings is 1. The Labute approximate surface area is 89.6 Å². The molecule has 5 nitrogen and oxygen atoms in total. The number of aromatic nitrogens is 4. The molecule has 0 aromatic carbocycles. The SMILES string of the molecule is CCOC(c1nn[nH]n1)C1CCCCC1. The van der Waals surface area contributed by atoms with Crippen molar-refractivity contribution in [3.63, 3.8) is 0 Å². The Morgan fingerprint density at radius 2 is 2.20 bits per heavy atom. The van der Waals surface area contributed by atoms with Crippen LogP contribution in [-0.4, -0.2) is 27.2 Å². The van der Waals surface area contributed by atoms with Crippen molar-refractivity contribution in [2.45, 2.75) is 45.1 Å². The number of hydrogen-bond acceptors (Lipinski definition) is 4. The van der Waals surface area contributed by atoms with Crippen LogP contribution in [-0.2, 0) is 4.74 Å². The molecule has 1 aliphatic rings. The van der Waals surface area contributed by atoms with Crippen molar-refractivity contribution < 1.29 is 4.74 Å². The Bertz CT molecular complexity index is 269. The van der Waals surface area contributed by atoms with Gasteiger partial charge in [0.05, 0.1) is 0 Å². The average Bonchev–Trinajstić information content (AvgIpc) is 2.80. The van der Waals surface area contributed by atoms with Crippen LogP contribution in [0, 0.1) is 5.92 Å². The first kappa shape index (κ1) is 10.5. The maximum absolute atomic E-state index is 5.74. The van der Waals surface area contributed by atoms with Crippen LogP contribution in [0.1, 0.15) is 51.0 Å². The molecule has 0 saturated heterocycles. The van der Waals surface area contributed by atoms with E-state index in [-0.39, 0.29) is 6.10 Å². The minimum absolute atomic E-state index is 0.0362. The van der Waals surface area contributed by atoms with Crippen molar-refractivity contribution in [1.82, 2.24) is 20.6 Å². The van der Waals surface area contributed by atoms with Crippen LogP contribution in [0.25, 0.3) is 0 Å². The molecule has 1 unspecified atom stereocenters. The van der Waals surface area contributed by atoms with Crippen LogP contribution in [0.4, 0.5) is 0 Å². The highest BCUT2D eigenvalue weighted by Gasteiger charge is 2.28. The minimum Gasteiger partial charge on any atom is -0.370 e. The number of ether oxygens (including phenoxy) is 1. The Hall–Kier alpha value is -0.970. The molecule has 1 aromatic rings. The predicted octanol–water partition coefficient (Wildman–Crippen LogP) is 1.86. The summed E-state index contributed by atoms with van der Waals surface area (Å²) in [7, 11) is 0. The van der Waals surface area contributed by atoms with Gasteiger partial charge in [-0.1, -0.05) is 24.5 Å².